The Labute approximate surface area is 190 Å². The molecule has 17 nitrogen and oxygen atoms in total. The summed E-state index contributed by atoms with van der Waals surface area (Å²) in [4.78, 5) is 0. The van der Waals surface area contributed by atoms with E-state index in [0.717, 1.165) is 0 Å². The first kappa shape index (κ1) is 64.7. The van der Waals surface area contributed by atoms with Gasteiger partial charge in [-0.1, -0.05) is 0 Å². The molecule has 0 fully saturated rings. The van der Waals surface area contributed by atoms with Gasteiger partial charge >= 0.3 is 81.7 Å². The van der Waals surface area contributed by atoms with Crippen molar-refractivity contribution in [2.24, 2.45) is 0 Å². The molecule has 0 heterocycles. The fourth-order valence-corrected chi connectivity index (χ4v) is 0. The SMILES string of the molecule is O.O.O.O.O.O=S(=O)([O-])[O-].O=S(=O)([O-])[O-].O=S(=O)([O-])[O-].[Nd+3].[Nd+3]. The van der Waals surface area contributed by atoms with Crippen LogP contribution >= 0.6 is 0 Å². The minimum absolute atomic E-state index is 0. The van der Waals surface area contributed by atoms with Crippen LogP contribution in [0.5, 0.6) is 0 Å². The van der Waals surface area contributed by atoms with Gasteiger partial charge in [-0.05, 0) is 0 Å². The molecule has 10 N–H and O–H groups in total. The van der Waals surface area contributed by atoms with Gasteiger partial charge in [0.15, 0.2) is 0 Å². The third kappa shape index (κ3) is 2210. The summed E-state index contributed by atoms with van der Waals surface area (Å²) in [5, 5.41) is 0. The number of hydrogen-bond acceptors (Lipinski definition) is 12. The Morgan fingerprint density at radius 1 is 0.364 bits per heavy atom. The molecule has 0 saturated heterocycles. The van der Waals surface area contributed by atoms with E-state index in [4.69, 9.17) is 52.6 Å². The van der Waals surface area contributed by atoms with E-state index in [9.17, 15) is 0 Å². The quantitative estimate of drug-likeness (QED) is 0.172. The zero-order chi connectivity index (χ0) is 13.5. The molecule has 0 aromatic rings. The van der Waals surface area contributed by atoms with Crippen LogP contribution in [0.3, 0.4) is 0 Å². The molecule has 0 spiro atoms. The fraction of sp³-hybridized carbons (Fsp3) is 0. The molecular formula is H10Nd2O17S3. The molecule has 0 unspecified atom stereocenters. The Morgan fingerprint density at radius 2 is 0.364 bits per heavy atom. The van der Waals surface area contributed by atoms with Crippen molar-refractivity contribution in [3.8, 4) is 0 Å². The van der Waals surface area contributed by atoms with Crippen molar-refractivity contribution in [3.63, 3.8) is 0 Å². The van der Waals surface area contributed by atoms with E-state index in [1.807, 2.05) is 0 Å². The first-order valence-corrected chi connectivity index (χ1v) is 6.00. The van der Waals surface area contributed by atoms with Gasteiger partial charge < -0.3 is 54.7 Å². The maximum atomic E-state index is 8.52. The summed E-state index contributed by atoms with van der Waals surface area (Å²) < 4.78 is 102. The van der Waals surface area contributed by atoms with Gasteiger partial charge in [-0.25, -0.2) is 0 Å². The standard InChI is InChI=1S/2Nd.3H2O4S.5H2O/c;;3*1-5(2,3)4;;;;;/h;;3*(H2,1,2,3,4);5*1H2/q2*+3;;;;;;;;/p-6. The Balaban J connectivity index is -0.0000000106. The predicted molar refractivity (Wildman–Crippen MR) is 49.5 cm³/mol. The molecule has 22 heteroatoms. The molecule has 0 amide bonds. The van der Waals surface area contributed by atoms with E-state index in [1.54, 1.807) is 0 Å². The average molecular weight is 667 g/mol. The Kier molecular flexibility index (Phi) is 82.1. The van der Waals surface area contributed by atoms with Gasteiger partial charge in [0.1, 0.15) is 0 Å². The Morgan fingerprint density at radius 3 is 0.364 bits per heavy atom. The van der Waals surface area contributed by atoms with Crippen molar-refractivity contribution in [2.45, 2.75) is 0 Å². The van der Waals surface area contributed by atoms with E-state index in [1.165, 1.54) is 0 Å². The minimum Gasteiger partial charge on any atom is -0.759 e. The molecule has 138 valence electrons. The molecule has 0 aliphatic rings. The van der Waals surface area contributed by atoms with Crippen LogP contribution in [0.25, 0.3) is 0 Å². The molecule has 0 aliphatic heterocycles. The van der Waals surface area contributed by atoms with E-state index < -0.39 is 31.2 Å². The summed E-state index contributed by atoms with van der Waals surface area (Å²) in [6.07, 6.45) is 0. The molecule has 0 aliphatic carbocycles. The van der Waals surface area contributed by atoms with Crippen molar-refractivity contribution in [1.82, 2.24) is 0 Å². The van der Waals surface area contributed by atoms with Gasteiger partial charge in [0.05, 0.1) is 0 Å². The molecular weight excluding hydrogens is 657 g/mol. The van der Waals surface area contributed by atoms with Crippen LogP contribution in [0.1, 0.15) is 0 Å². The van der Waals surface area contributed by atoms with E-state index in [-0.39, 0.29) is 109 Å². The summed E-state index contributed by atoms with van der Waals surface area (Å²) in [7, 11) is -15.5. The van der Waals surface area contributed by atoms with Crippen molar-refractivity contribution >= 4 is 31.2 Å². The predicted octanol–water partition coefficient (Wildman–Crippen LogP) is -8.14. The summed E-state index contributed by atoms with van der Waals surface area (Å²) >= 11 is 0. The van der Waals surface area contributed by atoms with Crippen LogP contribution in [-0.4, -0.2) is 80.0 Å². The van der Waals surface area contributed by atoms with Crippen molar-refractivity contribution in [2.75, 3.05) is 0 Å². The zero-order valence-electron chi connectivity index (χ0n) is 9.62. The zero-order valence-corrected chi connectivity index (χ0v) is 18.5. The third-order valence-corrected chi connectivity index (χ3v) is 0. The first-order valence-electron chi connectivity index (χ1n) is 2.00. The van der Waals surface area contributed by atoms with Gasteiger partial charge in [-0.2, -0.15) is 0 Å². The topological polar surface area (TPSA) is 398 Å². The maximum Gasteiger partial charge on any atom is 3.00 e. The van der Waals surface area contributed by atoms with Crippen molar-refractivity contribution in [1.29, 1.82) is 0 Å². The molecule has 2 radical (unpaired) electrons. The van der Waals surface area contributed by atoms with Gasteiger partial charge in [0.2, 0.25) is 0 Å². The monoisotopic (exact) mass is 662 g/mol. The van der Waals surface area contributed by atoms with Crippen molar-refractivity contribution < 1.29 is 162 Å². The molecule has 0 bridgehead atoms. The average Bonchev–Trinajstić information content (AvgIpc) is 1.41. The second kappa shape index (κ2) is 27.9. The molecule has 22 heavy (non-hydrogen) atoms. The van der Waals surface area contributed by atoms with Gasteiger partial charge in [0.25, 0.3) is 0 Å². The Hall–Kier alpha value is 2.11. The molecule has 0 saturated carbocycles. The largest absolute Gasteiger partial charge is 3.00 e. The van der Waals surface area contributed by atoms with E-state index in [0.29, 0.717) is 0 Å². The number of rotatable bonds is 0. The van der Waals surface area contributed by atoms with Crippen LogP contribution in [-0.2, 0) is 31.2 Å². The smallest absolute Gasteiger partial charge is 0.759 e. The van der Waals surface area contributed by atoms with Gasteiger partial charge in [0, 0.05) is 31.2 Å². The Bertz CT molecular complexity index is 343. The van der Waals surface area contributed by atoms with Crippen LogP contribution < -0.4 is 0 Å². The van der Waals surface area contributed by atoms with Crippen LogP contribution in [0, 0.1) is 81.7 Å². The molecule has 0 aromatic heterocycles. The van der Waals surface area contributed by atoms with Crippen LogP contribution in [0.4, 0.5) is 0 Å². The van der Waals surface area contributed by atoms with Gasteiger partial charge in [-0.15, -0.1) is 0 Å². The summed E-state index contributed by atoms with van der Waals surface area (Å²) in [5.41, 5.74) is 0. The molecule has 0 aromatic carbocycles. The molecule has 0 atom stereocenters. The number of hydrogen-bond donors (Lipinski definition) is 0. The second-order valence-corrected chi connectivity index (χ2v) is 3.67. The van der Waals surface area contributed by atoms with Crippen LogP contribution in [0.2, 0.25) is 0 Å². The summed E-state index contributed by atoms with van der Waals surface area (Å²) in [6.45, 7) is 0. The summed E-state index contributed by atoms with van der Waals surface area (Å²) in [6, 6.07) is 0. The second-order valence-electron chi connectivity index (χ2n) is 1.22. The van der Waals surface area contributed by atoms with Crippen molar-refractivity contribution in [3.05, 3.63) is 0 Å². The van der Waals surface area contributed by atoms with Crippen LogP contribution in [0.15, 0.2) is 0 Å². The summed E-state index contributed by atoms with van der Waals surface area (Å²) in [5.74, 6) is 0. The van der Waals surface area contributed by atoms with E-state index in [2.05, 4.69) is 0 Å². The normalized spacial score (nSPS) is 7.91. The molecule has 0 rings (SSSR count). The minimum atomic E-state index is -5.17. The van der Waals surface area contributed by atoms with E-state index >= 15 is 0 Å². The third-order valence-electron chi connectivity index (χ3n) is 0. The van der Waals surface area contributed by atoms with Gasteiger partial charge in [-0.3, -0.25) is 25.3 Å². The fourth-order valence-electron chi connectivity index (χ4n) is 0. The maximum absolute atomic E-state index is 8.52. The first-order chi connectivity index (χ1) is 6.00.